The number of methoxy groups -OCH3 is 1. The number of carbonyl (C=O) groups is 1. The highest BCUT2D eigenvalue weighted by Gasteiger charge is 2.35. The molecule has 7 heteroatoms. The first-order chi connectivity index (χ1) is 11.5. The van der Waals surface area contributed by atoms with E-state index in [2.05, 4.69) is 15.5 Å². The summed E-state index contributed by atoms with van der Waals surface area (Å²) in [7, 11) is 1.64. The van der Waals surface area contributed by atoms with E-state index in [9.17, 15) is 4.79 Å². The third-order valence-electron chi connectivity index (χ3n) is 4.04. The molecule has 1 aliphatic heterocycles. The molecule has 1 N–H and O–H groups in total. The van der Waals surface area contributed by atoms with Crippen molar-refractivity contribution in [2.24, 2.45) is 5.92 Å². The number of nitrogens with zero attached hydrogens (tertiary/aromatic N) is 2. The summed E-state index contributed by atoms with van der Waals surface area (Å²) in [6, 6.07) is 7.82. The van der Waals surface area contributed by atoms with Gasteiger partial charge in [0.2, 0.25) is 5.13 Å². The van der Waals surface area contributed by atoms with Crippen LogP contribution in [0.3, 0.4) is 0 Å². The molecule has 3 atom stereocenters. The van der Waals surface area contributed by atoms with E-state index in [0.717, 1.165) is 22.7 Å². The summed E-state index contributed by atoms with van der Waals surface area (Å²) < 4.78 is 10.9. The molecule has 1 fully saturated rings. The van der Waals surface area contributed by atoms with Crippen LogP contribution < -0.4 is 10.1 Å². The Hall–Kier alpha value is -1.99. The van der Waals surface area contributed by atoms with E-state index in [1.165, 1.54) is 11.3 Å². The maximum absolute atomic E-state index is 12.3. The summed E-state index contributed by atoms with van der Waals surface area (Å²) in [4.78, 5) is 12.3. The molecule has 0 saturated carbocycles. The highest BCUT2D eigenvalue weighted by atomic mass is 32.1. The van der Waals surface area contributed by atoms with Gasteiger partial charge in [-0.2, -0.15) is 0 Å². The standard InChI is InChI=1S/C17H21N3O3S/c1-10-7-11(2)23-15(10)16(21)18-17-20-19-14(24-17)9-12-5-4-6-13(8-12)22-3/h4-6,8,10-11,15H,7,9H2,1-3H3,(H,18,20,21). The van der Waals surface area contributed by atoms with Crippen LogP contribution in [-0.2, 0) is 16.0 Å². The van der Waals surface area contributed by atoms with E-state index < -0.39 is 6.10 Å². The first kappa shape index (κ1) is 16.9. The van der Waals surface area contributed by atoms with Crippen molar-refractivity contribution in [2.75, 3.05) is 12.4 Å². The first-order valence-corrected chi connectivity index (χ1v) is 8.78. The molecule has 0 bridgehead atoms. The highest BCUT2D eigenvalue weighted by Crippen LogP contribution is 2.27. The predicted molar refractivity (Wildman–Crippen MR) is 92.5 cm³/mol. The Balaban J connectivity index is 1.62. The number of hydrogen-bond acceptors (Lipinski definition) is 6. The van der Waals surface area contributed by atoms with Gasteiger partial charge in [0, 0.05) is 6.42 Å². The topological polar surface area (TPSA) is 73.3 Å². The van der Waals surface area contributed by atoms with E-state index in [0.29, 0.717) is 11.6 Å². The number of benzene rings is 1. The van der Waals surface area contributed by atoms with Crippen LogP contribution >= 0.6 is 11.3 Å². The van der Waals surface area contributed by atoms with E-state index in [4.69, 9.17) is 9.47 Å². The van der Waals surface area contributed by atoms with E-state index in [1.807, 2.05) is 38.1 Å². The molecule has 2 heterocycles. The third-order valence-corrected chi connectivity index (χ3v) is 4.88. The molecule has 6 nitrogen and oxygen atoms in total. The lowest BCUT2D eigenvalue weighted by molar-refractivity contribution is -0.127. The Morgan fingerprint density at radius 3 is 2.96 bits per heavy atom. The number of amides is 1. The van der Waals surface area contributed by atoms with Gasteiger partial charge in [-0.25, -0.2) is 0 Å². The normalized spacial score (nSPS) is 23.2. The van der Waals surface area contributed by atoms with Crippen molar-refractivity contribution < 1.29 is 14.3 Å². The van der Waals surface area contributed by atoms with Gasteiger partial charge in [0.25, 0.3) is 5.91 Å². The Kier molecular flexibility index (Phi) is 5.11. The second-order valence-electron chi connectivity index (χ2n) is 6.10. The Bertz CT molecular complexity index is 719. The van der Waals surface area contributed by atoms with Gasteiger partial charge >= 0.3 is 0 Å². The van der Waals surface area contributed by atoms with Gasteiger partial charge in [0.05, 0.1) is 13.2 Å². The number of ether oxygens (including phenoxy) is 2. The maximum atomic E-state index is 12.3. The van der Waals surface area contributed by atoms with Crippen molar-refractivity contribution in [3.8, 4) is 5.75 Å². The van der Waals surface area contributed by atoms with Gasteiger partial charge < -0.3 is 9.47 Å². The van der Waals surface area contributed by atoms with E-state index >= 15 is 0 Å². The number of rotatable bonds is 5. The fourth-order valence-corrected chi connectivity index (χ4v) is 3.69. The largest absolute Gasteiger partial charge is 0.497 e. The summed E-state index contributed by atoms with van der Waals surface area (Å²) in [6.07, 6.45) is 1.26. The van der Waals surface area contributed by atoms with Crippen LogP contribution in [0.1, 0.15) is 30.8 Å². The number of anilines is 1. The minimum Gasteiger partial charge on any atom is -0.497 e. The number of hydrogen-bond donors (Lipinski definition) is 1. The van der Waals surface area contributed by atoms with Gasteiger partial charge in [-0.1, -0.05) is 30.4 Å². The smallest absolute Gasteiger partial charge is 0.255 e. The predicted octanol–water partition coefficient (Wildman–Crippen LogP) is 2.89. The summed E-state index contributed by atoms with van der Waals surface area (Å²) >= 11 is 1.38. The maximum Gasteiger partial charge on any atom is 0.255 e. The molecule has 3 unspecified atom stereocenters. The van der Waals surface area contributed by atoms with Crippen LogP contribution in [0.2, 0.25) is 0 Å². The van der Waals surface area contributed by atoms with Gasteiger partial charge in [-0.05, 0) is 37.0 Å². The van der Waals surface area contributed by atoms with Crippen molar-refractivity contribution in [1.82, 2.24) is 10.2 Å². The van der Waals surface area contributed by atoms with Crippen molar-refractivity contribution in [3.05, 3.63) is 34.8 Å². The lowest BCUT2D eigenvalue weighted by Gasteiger charge is -2.13. The first-order valence-electron chi connectivity index (χ1n) is 7.97. The van der Waals surface area contributed by atoms with Crippen molar-refractivity contribution in [1.29, 1.82) is 0 Å². The van der Waals surface area contributed by atoms with Crippen LogP contribution in [0.4, 0.5) is 5.13 Å². The molecule has 0 radical (unpaired) electrons. The molecular weight excluding hydrogens is 326 g/mol. The van der Waals surface area contributed by atoms with Crippen LogP contribution in [0, 0.1) is 5.92 Å². The Labute approximate surface area is 145 Å². The third kappa shape index (κ3) is 3.91. The van der Waals surface area contributed by atoms with Crippen LogP contribution in [0.25, 0.3) is 0 Å². The molecule has 1 amide bonds. The molecule has 3 rings (SSSR count). The van der Waals surface area contributed by atoms with Crippen LogP contribution in [0.15, 0.2) is 24.3 Å². The SMILES string of the molecule is COc1cccc(Cc2nnc(NC(=O)C3OC(C)CC3C)s2)c1. The highest BCUT2D eigenvalue weighted by molar-refractivity contribution is 7.15. The molecule has 1 aromatic carbocycles. The summed E-state index contributed by atoms with van der Waals surface area (Å²) in [6.45, 7) is 4.02. The zero-order valence-electron chi connectivity index (χ0n) is 14.0. The minimum atomic E-state index is -0.411. The van der Waals surface area contributed by atoms with Crippen molar-refractivity contribution in [2.45, 2.75) is 38.9 Å². The molecule has 1 saturated heterocycles. The molecule has 128 valence electrons. The van der Waals surface area contributed by atoms with E-state index in [-0.39, 0.29) is 17.9 Å². The van der Waals surface area contributed by atoms with Crippen LogP contribution in [0.5, 0.6) is 5.75 Å². The van der Waals surface area contributed by atoms with Gasteiger partial charge in [-0.15, -0.1) is 10.2 Å². The second-order valence-corrected chi connectivity index (χ2v) is 7.16. The number of nitrogens with one attached hydrogen (secondary N) is 1. The molecule has 24 heavy (non-hydrogen) atoms. The fourth-order valence-electron chi connectivity index (χ4n) is 2.92. The Morgan fingerprint density at radius 2 is 2.25 bits per heavy atom. The molecule has 0 spiro atoms. The average molecular weight is 347 g/mol. The zero-order chi connectivity index (χ0) is 17.1. The zero-order valence-corrected chi connectivity index (χ0v) is 14.8. The monoisotopic (exact) mass is 347 g/mol. The van der Waals surface area contributed by atoms with Gasteiger partial charge in [0.15, 0.2) is 0 Å². The minimum absolute atomic E-state index is 0.119. The summed E-state index contributed by atoms with van der Waals surface area (Å²) in [5.41, 5.74) is 1.09. The van der Waals surface area contributed by atoms with Gasteiger partial charge in [0.1, 0.15) is 16.9 Å². The average Bonchev–Trinajstić information content (AvgIpc) is 3.13. The second kappa shape index (κ2) is 7.27. The molecule has 1 aromatic heterocycles. The summed E-state index contributed by atoms with van der Waals surface area (Å²) in [5.74, 6) is 0.882. The van der Waals surface area contributed by atoms with E-state index in [1.54, 1.807) is 7.11 Å². The lowest BCUT2D eigenvalue weighted by atomic mass is 10.0. The Morgan fingerprint density at radius 1 is 1.42 bits per heavy atom. The van der Waals surface area contributed by atoms with Crippen molar-refractivity contribution in [3.63, 3.8) is 0 Å². The molecular formula is C17H21N3O3S. The molecule has 0 aliphatic carbocycles. The number of aromatic nitrogens is 2. The number of carbonyl (C=O) groups excluding carboxylic acids is 1. The molecule has 2 aromatic rings. The molecule has 1 aliphatic rings. The summed E-state index contributed by atoms with van der Waals surface area (Å²) in [5, 5.41) is 12.4. The quantitative estimate of drug-likeness (QED) is 0.900. The fraction of sp³-hybridized carbons (Fsp3) is 0.471. The van der Waals surface area contributed by atoms with Gasteiger partial charge in [-0.3, -0.25) is 10.1 Å². The van der Waals surface area contributed by atoms with Crippen LogP contribution in [-0.4, -0.2) is 35.4 Å². The van der Waals surface area contributed by atoms with Crippen molar-refractivity contribution >= 4 is 22.4 Å². The lowest BCUT2D eigenvalue weighted by Crippen LogP contribution is -2.31.